The maximum atomic E-state index is 12.3. The molecule has 0 amide bonds. The molecule has 2 unspecified atom stereocenters. The summed E-state index contributed by atoms with van der Waals surface area (Å²) in [4.78, 5) is 35.3. The van der Waals surface area contributed by atoms with Gasteiger partial charge in [0.05, 0.1) is 12.5 Å². The van der Waals surface area contributed by atoms with Crippen LogP contribution in [0, 0.1) is 11.8 Å². The number of carbonyl (C=O) groups excluding carboxylic acids is 2. The highest BCUT2D eigenvalue weighted by Crippen LogP contribution is 2.19. The van der Waals surface area contributed by atoms with E-state index in [1.165, 1.54) is 18.1 Å². The molecule has 0 aliphatic rings. The molecule has 0 bridgehead atoms. The number of ketones is 1. The molecule has 0 aromatic heterocycles. The number of allylic oxidation sites excluding steroid dienone is 4. The summed E-state index contributed by atoms with van der Waals surface area (Å²) in [6, 6.07) is 0. The lowest BCUT2D eigenvalue weighted by Crippen LogP contribution is -2.35. The van der Waals surface area contributed by atoms with Crippen molar-refractivity contribution in [2.75, 3.05) is 6.61 Å². The van der Waals surface area contributed by atoms with Gasteiger partial charge in [-0.1, -0.05) is 30.2 Å². The van der Waals surface area contributed by atoms with E-state index in [0.29, 0.717) is 6.42 Å². The second-order valence-electron chi connectivity index (χ2n) is 6.23. The number of esters is 1. The van der Waals surface area contributed by atoms with E-state index >= 15 is 0 Å². The molecule has 5 nitrogen and oxygen atoms in total. The normalized spacial score (nSPS) is 13.8. The molecule has 0 rings (SSSR count). The summed E-state index contributed by atoms with van der Waals surface area (Å²) < 4.78 is 4.85. The Morgan fingerprint density at radius 2 is 1.62 bits per heavy atom. The van der Waals surface area contributed by atoms with Gasteiger partial charge in [0.15, 0.2) is 0 Å². The van der Waals surface area contributed by atoms with Crippen molar-refractivity contribution in [2.24, 2.45) is 11.8 Å². The molecule has 0 saturated heterocycles. The van der Waals surface area contributed by atoms with Gasteiger partial charge in [0.1, 0.15) is 11.7 Å². The van der Waals surface area contributed by atoms with Crippen LogP contribution >= 0.6 is 0 Å². The minimum Gasteiger partial charge on any atom is -0.481 e. The van der Waals surface area contributed by atoms with Crippen LogP contribution in [0.4, 0.5) is 0 Å². The monoisotopic (exact) mass is 338 g/mol. The quantitative estimate of drug-likeness (QED) is 0.351. The number of Topliss-reactive ketones (excluding diaryl/α,β-unsaturated/α-hetero) is 1. The second kappa shape index (κ2) is 11.6. The van der Waals surface area contributed by atoms with E-state index in [1.54, 1.807) is 6.92 Å². The minimum absolute atomic E-state index is 0.123. The van der Waals surface area contributed by atoms with E-state index in [0.717, 1.165) is 12.8 Å². The van der Waals surface area contributed by atoms with Crippen LogP contribution in [0.5, 0.6) is 0 Å². The molecular weight excluding hydrogens is 308 g/mol. The molecule has 0 aromatic rings. The fourth-order valence-corrected chi connectivity index (χ4v) is 2.30. The van der Waals surface area contributed by atoms with Crippen molar-refractivity contribution in [1.29, 1.82) is 0 Å². The van der Waals surface area contributed by atoms with Crippen molar-refractivity contribution in [2.45, 2.75) is 60.3 Å². The van der Waals surface area contributed by atoms with Gasteiger partial charge in [-0.05, 0) is 47.0 Å². The summed E-state index contributed by atoms with van der Waals surface area (Å²) in [6.07, 6.45) is 6.66. The van der Waals surface area contributed by atoms with Gasteiger partial charge in [0, 0.05) is 6.42 Å². The molecular formula is C19H30O5. The molecule has 0 spiro atoms. The average molecular weight is 338 g/mol. The van der Waals surface area contributed by atoms with Gasteiger partial charge in [-0.3, -0.25) is 14.4 Å². The predicted octanol–water partition coefficient (Wildman–Crippen LogP) is 3.93. The van der Waals surface area contributed by atoms with Gasteiger partial charge >= 0.3 is 11.9 Å². The Bertz CT molecular complexity index is 498. The van der Waals surface area contributed by atoms with Crippen molar-refractivity contribution in [1.82, 2.24) is 0 Å². The number of rotatable bonds is 11. The number of aliphatic carboxylic acids is 1. The predicted molar refractivity (Wildman–Crippen MR) is 93.6 cm³/mol. The number of hydrogen-bond donors (Lipinski definition) is 1. The Balaban J connectivity index is 4.69. The topological polar surface area (TPSA) is 80.7 Å². The Hall–Kier alpha value is -1.91. The first-order valence-electron chi connectivity index (χ1n) is 8.41. The Morgan fingerprint density at radius 3 is 2.12 bits per heavy atom. The number of carboxylic acid groups (broad SMARTS) is 1. The fourth-order valence-electron chi connectivity index (χ4n) is 2.30. The Morgan fingerprint density at radius 1 is 1.04 bits per heavy atom. The van der Waals surface area contributed by atoms with Crippen LogP contribution in [-0.4, -0.2) is 29.4 Å². The number of carboxylic acids is 1. The van der Waals surface area contributed by atoms with Crippen LogP contribution < -0.4 is 0 Å². The van der Waals surface area contributed by atoms with Crippen molar-refractivity contribution in [3.8, 4) is 0 Å². The molecule has 1 N–H and O–H groups in total. The molecule has 0 saturated carbocycles. The third-order valence-electron chi connectivity index (χ3n) is 3.75. The zero-order valence-electron chi connectivity index (χ0n) is 15.4. The molecule has 0 aliphatic carbocycles. The first kappa shape index (κ1) is 22.1. The molecule has 0 fully saturated rings. The second-order valence-corrected chi connectivity index (χ2v) is 6.23. The summed E-state index contributed by atoms with van der Waals surface area (Å²) in [7, 11) is 0. The lowest BCUT2D eigenvalue weighted by molar-refractivity contribution is -0.160. The van der Waals surface area contributed by atoms with E-state index in [1.807, 2.05) is 13.0 Å². The molecule has 0 heterocycles. The summed E-state index contributed by atoms with van der Waals surface area (Å²) in [5.74, 6) is -4.62. The van der Waals surface area contributed by atoms with Crippen LogP contribution in [-0.2, 0) is 19.1 Å². The highest BCUT2D eigenvalue weighted by Gasteiger charge is 2.36. The first-order chi connectivity index (χ1) is 11.2. The summed E-state index contributed by atoms with van der Waals surface area (Å²) >= 11 is 0. The smallest absolute Gasteiger partial charge is 0.317 e. The average Bonchev–Trinajstić information content (AvgIpc) is 2.47. The number of ether oxygens (including phenoxy) is 1. The van der Waals surface area contributed by atoms with Gasteiger partial charge < -0.3 is 9.84 Å². The third-order valence-corrected chi connectivity index (χ3v) is 3.75. The van der Waals surface area contributed by atoms with Crippen LogP contribution in [0.25, 0.3) is 0 Å². The first-order valence-corrected chi connectivity index (χ1v) is 8.41. The van der Waals surface area contributed by atoms with E-state index in [-0.39, 0.29) is 18.8 Å². The van der Waals surface area contributed by atoms with Crippen LogP contribution in [0.2, 0.25) is 0 Å². The lowest BCUT2D eigenvalue weighted by Gasteiger charge is -2.17. The molecule has 0 radical (unpaired) electrons. The summed E-state index contributed by atoms with van der Waals surface area (Å²) in [5, 5.41) is 9.10. The third kappa shape index (κ3) is 8.65. The van der Waals surface area contributed by atoms with E-state index in [2.05, 4.69) is 19.9 Å². The molecule has 2 atom stereocenters. The maximum Gasteiger partial charge on any atom is 0.317 e. The van der Waals surface area contributed by atoms with Gasteiger partial charge in [0.2, 0.25) is 0 Å². The summed E-state index contributed by atoms with van der Waals surface area (Å²) in [6.45, 7) is 9.23. The SMILES string of the molecule is CCOC(=O)C(C(=O)CC/C=C(\C)CCC=C(C)C)C(C)C(=O)O. The van der Waals surface area contributed by atoms with E-state index in [4.69, 9.17) is 9.84 Å². The molecule has 5 heteroatoms. The van der Waals surface area contributed by atoms with E-state index < -0.39 is 23.8 Å². The fraction of sp³-hybridized carbons (Fsp3) is 0.632. The van der Waals surface area contributed by atoms with Gasteiger partial charge in [0.25, 0.3) is 0 Å². The maximum absolute atomic E-state index is 12.3. The lowest BCUT2D eigenvalue weighted by atomic mass is 9.88. The molecule has 0 aliphatic heterocycles. The van der Waals surface area contributed by atoms with Crippen molar-refractivity contribution >= 4 is 17.7 Å². The Labute approximate surface area is 144 Å². The molecule has 24 heavy (non-hydrogen) atoms. The molecule has 0 aromatic carbocycles. The zero-order valence-corrected chi connectivity index (χ0v) is 15.4. The van der Waals surface area contributed by atoms with E-state index in [9.17, 15) is 14.4 Å². The summed E-state index contributed by atoms with van der Waals surface area (Å²) in [5.41, 5.74) is 2.46. The van der Waals surface area contributed by atoms with Crippen LogP contribution in [0.15, 0.2) is 23.3 Å². The largest absolute Gasteiger partial charge is 0.481 e. The van der Waals surface area contributed by atoms with Crippen LogP contribution in [0.3, 0.4) is 0 Å². The standard InChI is InChI=1S/C19H30O5/c1-6-24-19(23)17(15(5)18(21)22)16(20)12-8-11-14(4)10-7-9-13(2)3/h9,11,15,17H,6-8,10,12H2,1-5H3,(H,21,22)/b14-11+. The van der Waals surface area contributed by atoms with Crippen molar-refractivity contribution in [3.05, 3.63) is 23.3 Å². The zero-order chi connectivity index (χ0) is 18.7. The highest BCUT2D eigenvalue weighted by atomic mass is 16.5. The Kier molecular flexibility index (Phi) is 10.7. The highest BCUT2D eigenvalue weighted by molar-refractivity contribution is 6.02. The van der Waals surface area contributed by atoms with Crippen LogP contribution in [0.1, 0.15) is 60.3 Å². The van der Waals surface area contributed by atoms with Crippen molar-refractivity contribution < 1.29 is 24.2 Å². The van der Waals surface area contributed by atoms with Gasteiger partial charge in [-0.25, -0.2) is 0 Å². The minimum atomic E-state index is -1.23. The number of hydrogen-bond acceptors (Lipinski definition) is 4. The van der Waals surface area contributed by atoms with Gasteiger partial charge in [-0.2, -0.15) is 0 Å². The van der Waals surface area contributed by atoms with Crippen molar-refractivity contribution in [3.63, 3.8) is 0 Å². The number of carbonyl (C=O) groups is 3. The van der Waals surface area contributed by atoms with Gasteiger partial charge in [-0.15, -0.1) is 0 Å². The molecule has 136 valence electrons.